The van der Waals surface area contributed by atoms with Crippen molar-refractivity contribution in [3.05, 3.63) is 54.6 Å². The van der Waals surface area contributed by atoms with E-state index in [9.17, 15) is 17.6 Å². The van der Waals surface area contributed by atoms with Gasteiger partial charge in [-0.2, -0.15) is 4.31 Å². The van der Waals surface area contributed by atoms with Crippen molar-refractivity contribution < 1.29 is 22.3 Å². The van der Waals surface area contributed by atoms with Crippen LogP contribution in [0.4, 0.5) is 4.39 Å². The number of nitrogens with zero attached hydrogens (tertiary/aromatic N) is 2. The first-order chi connectivity index (χ1) is 14.5. The molecule has 162 valence electrons. The number of hydrogen-bond donors (Lipinski definition) is 1. The zero-order valence-electron chi connectivity index (χ0n) is 16.7. The molecule has 1 fully saturated rings. The van der Waals surface area contributed by atoms with Gasteiger partial charge >= 0.3 is 0 Å². The predicted molar refractivity (Wildman–Crippen MR) is 110 cm³/mol. The SMILES string of the molecule is O=C(NCCCCOc1ccc(F)cc1)C1CCN(S(=O)(=O)c2cccnc2)CC1. The summed E-state index contributed by atoms with van der Waals surface area (Å²) in [6.07, 6.45) is 5.40. The number of hydrogen-bond acceptors (Lipinski definition) is 5. The average molecular weight is 436 g/mol. The molecule has 2 heterocycles. The number of pyridine rings is 1. The molecule has 1 aromatic carbocycles. The van der Waals surface area contributed by atoms with Crippen molar-refractivity contribution in [1.29, 1.82) is 0 Å². The van der Waals surface area contributed by atoms with Crippen molar-refractivity contribution >= 4 is 15.9 Å². The van der Waals surface area contributed by atoms with Gasteiger partial charge in [-0.25, -0.2) is 12.8 Å². The van der Waals surface area contributed by atoms with Crippen LogP contribution in [0.5, 0.6) is 5.75 Å². The number of ether oxygens (including phenoxy) is 1. The van der Waals surface area contributed by atoms with Crippen LogP contribution in [0, 0.1) is 11.7 Å². The fraction of sp³-hybridized carbons (Fsp3) is 0.429. The molecule has 3 rings (SSSR count). The number of benzene rings is 1. The molecule has 9 heteroatoms. The van der Waals surface area contributed by atoms with Gasteiger partial charge < -0.3 is 10.1 Å². The Balaban J connectivity index is 1.33. The topological polar surface area (TPSA) is 88.6 Å². The highest BCUT2D eigenvalue weighted by Crippen LogP contribution is 2.23. The van der Waals surface area contributed by atoms with Gasteiger partial charge in [0.05, 0.1) is 6.61 Å². The van der Waals surface area contributed by atoms with Gasteiger partial charge in [0.25, 0.3) is 0 Å². The van der Waals surface area contributed by atoms with Crippen molar-refractivity contribution in [1.82, 2.24) is 14.6 Å². The monoisotopic (exact) mass is 435 g/mol. The van der Waals surface area contributed by atoms with Crippen LogP contribution < -0.4 is 10.1 Å². The second kappa shape index (κ2) is 10.5. The van der Waals surface area contributed by atoms with Crippen molar-refractivity contribution in [2.24, 2.45) is 5.92 Å². The smallest absolute Gasteiger partial charge is 0.244 e. The molecule has 0 spiro atoms. The number of carbonyl (C=O) groups excluding carboxylic acids is 1. The number of sulfonamides is 1. The standard InChI is InChI=1S/C21H26FN3O4S/c22-18-5-7-19(8-6-18)29-15-2-1-12-24-21(26)17-9-13-25(14-10-17)30(27,28)20-4-3-11-23-16-20/h3-8,11,16-17H,1-2,9-10,12-15H2,(H,24,26). The summed E-state index contributed by atoms with van der Waals surface area (Å²) in [6, 6.07) is 8.99. The Hall–Kier alpha value is -2.52. The minimum absolute atomic E-state index is 0.0344. The van der Waals surface area contributed by atoms with Gasteiger partial charge in [-0.3, -0.25) is 9.78 Å². The van der Waals surface area contributed by atoms with Crippen LogP contribution in [0.3, 0.4) is 0 Å². The Kier molecular flexibility index (Phi) is 7.75. The van der Waals surface area contributed by atoms with E-state index in [0.717, 1.165) is 12.8 Å². The number of halogens is 1. The molecule has 0 aliphatic carbocycles. The summed E-state index contributed by atoms with van der Waals surface area (Å²) in [4.78, 5) is 16.4. The summed E-state index contributed by atoms with van der Waals surface area (Å²) >= 11 is 0. The molecule has 1 aliphatic heterocycles. The third kappa shape index (κ3) is 5.99. The lowest BCUT2D eigenvalue weighted by Gasteiger charge is -2.30. The molecule has 7 nitrogen and oxygen atoms in total. The number of piperidine rings is 1. The van der Waals surface area contributed by atoms with Crippen molar-refractivity contribution in [3.8, 4) is 5.75 Å². The lowest BCUT2D eigenvalue weighted by Crippen LogP contribution is -2.43. The number of nitrogens with one attached hydrogen (secondary N) is 1. The molecular weight excluding hydrogens is 409 g/mol. The zero-order chi connectivity index (χ0) is 21.4. The molecule has 0 radical (unpaired) electrons. The molecule has 1 N–H and O–H groups in total. The largest absolute Gasteiger partial charge is 0.494 e. The van der Waals surface area contributed by atoms with E-state index in [-0.39, 0.29) is 22.5 Å². The highest BCUT2D eigenvalue weighted by molar-refractivity contribution is 7.89. The fourth-order valence-corrected chi connectivity index (χ4v) is 4.75. The van der Waals surface area contributed by atoms with Crippen LogP contribution in [0.25, 0.3) is 0 Å². The second-order valence-electron chi connectivity index (χ2n) is 7.17. The molecule has 0 atom stereocenters. The normalized spacial score (nSPS) is 15.6. The summed E-state index contributed by atoms with van der Waals surface area (Å²) in [5.41, 5.74) is 0. The van der Waals surface area contributed by atoms with E-state index in [0.29, 0.717) is 44.8 Å². The van der Waals surface area contributed by atoms with E-state index in [1.165, 1.54) is 34.9 Å². The van der Waals surface area contributed by atoms with Gasteiger partial charge in [-0.1, -0.05) is 0 Å². The van der Waals surface area contributed by atoms with E-state index < -0.39 is 10.0 Å². The molecule has 1 aromatic heterocycles. The molecule has 30 heavy (non-hydrogen) atoms. The molecule has 1 saturated heterocycles. The van der Waals surface area contributed by atoms with Crippen molar-refractivity contribution in [2.45, 2.75) is 30.6 Å². The van der Waals surface area contributed by atoms with Gasteiger partial charge in [0.2, 0.25) is 15.9 Å². The third-order valence-corrected chi connectivity index (χ3v) is 6.93. The highest BCUT2D eigenvalue weighted by atomic mass is 32.2. The first kappa shape index (κ1) is 22.2. The van der Waals surface area contributed by atoms with Crippen molar-refractivity contribution in [2.75, 3.05) is 26.2 Å². The molecule has 0 unspecified atom stereocenters. The first-order valence-corrected chi connectivity index (χ1v) is 11.5. The molecule has 2 aromatic rings. The quantitative estimate of drug-likeness (QED) is 0.612. The Labute approximate surface area is 176 Å². The maximum atomic E-state index is 12.8. The van der Waals surface area contributed by atoms with E-state index in [2.05, 4.69) is 10.3 Å². The number of amides is 1. The van der Waals surface area contributed by atoms with Gasteiger partial charge in [0, 0.05) is 37.9 Å². The van der Waals surface area contributed by atoms with Crippen LogP contribution in [-0.2, 0) is 14.8 Å². The van der Waals surface area contributed by atoms with E-state index in [4.69, 9.17) is 4.74 Å². The lowest BCUT2D eigenvalue weighted by molar-refractivity contribution is -0.126. The minimum Gasteiger partial charge on any atom is -0.494 e. The Morgan fingerprint density at radius 1 is 1.17 bits per heavy atom. The van der Waals surface area contributed by atoms with E-state index in [1.54, 1.807) is 18.2 Å². The number of carbonyl (C=O) groups is 1. The number of aromatic nitrogens is 1. The summed E-state index contributed by atoms with van der Waals surface area (Å²) in [5.74, 6) is 0.104. The van der Waals surface area contributed by atoms with Crippen LogP contribution >= 0.6 is 0 Å². The summed E-state index contributed by atoms with van der Waals surface area (Å²) in [5, 5.41) is 2.92. The first-order valence-electron chi connectivity index (χ1n) is 10.0. The highest BCUT2D eigenvalue weighted by Gasteiger charge is 2.32. The molecule has 1 aliphatic rings. The molecule has 0 saturated carbocycles. The Morgan fingerprint density at radius 2 is 1.90 bits per heavy atom. The fourth-order valence-electron chi connectivity index (χ4n) is 3.31. The van der Waals surface area contributed by atoms with Crippen LogP contribution in [0.2, 0.25) is 0 Å². The molecule has 1 amide bonds. The van der Waals surface area contributed by atoms with Gasteiger partial charge in [-0.15, -0.1) is 0 Å². The summed E-state index contributed by atoms with van der Waals surface area (Å²) < 4.78 is 45.0. The van der Waals surface area contributed by atoms with Crippen LogP contribution in [0.15, 0.2) is 53.7 Å². The molecular formula is C21H26FN3O4S. The second-order valence-corrected chi connectivity index (χ2v) is 9.11. The predicted octanol–water partition coefficient (Wildman–Crippen LogP) is 2.60. The van der Waals surface area contributed by atoms with Crippen LogP contribution in [-0.4, -0.2) is 49.9 Å². The van der Waals surface area contributed by atoms with Gasteiger partial charge in [0.15, 0.2) is 0 Å². The van der Waals surface area contributed by atoms with Crippen molar-refractivity contribution in [3.63, 3.8) is 0 Å². The summed E-state index contributed by atoms with van der Waals surface area (Å²) in [7, 11) is -3.56. The van der Waals surface area contributed by atoms with E-state index in [1.807, 2.05) is 0 Å². The molecule has 0 bridgehead atoms. The van der Waals surface area contributed by atoms with Gasteiger partial charge in [-0.05, 0) is 62.1 Å². The maximum absolute atomic E-state index is 12.8. The van der Waals surface area contributed by atoms with Gasteiger partial charge in [0.1, 0.15) is 16.5 Å². The number of rotatable bonds is 9. The Bertz CT molecular complexity index is 915. The number of unbranched alkanes of at least 4 members (excludes halogenated alkanes) is 1. The van der Waals surface area contributed by atoms with Crippen LogP contribution in [0.1, 0.15) is 25.7 Å². The minimum atomic E-state index is -3.56. The summed E-state index contributed by atoms with van der Waals surface area (Å²) in [6.45, 7) is 1.67. The third-order valence-electron chi connectivity index (χ3n) is 5.05. The lowest BCUT2D eigenvalue weighted by atomic mass is 9.97. The maximum Gasteiger partial charge on any atom is 0.244 e. The zero-order valence-corrected chi connectivity index (χ0v) is 17.5. The average Bonchev–Trinajstić information content (AvgIpc) is 2.78. The van der Waals surface area contributed by atoms with E-state index >= 15 is 0 Å². The Morgan fingerprint density at radius 3 is 2.57 bits per heavy atom.